The Labute approximate surface area is 64.1 Å². The van der Waals surface area contributed by atoms with Crippen molar-refractivity contribution in [2.75, 3.05) is 13.2 Å². The van der Waals surface area contributed by atoms with Crippen LogP contribution in [0.3, 0.4) is 0 Å². The number of fused-ring (bicyclic) bond motifs is 1. The van der Waals surface area contributed by atoms with Crippen molar-refractivity contribution in [3.8, 4) is 0 Å². The Balaban J connectivity index is 2.20. The van der Waals surface area contributed by atoms with E-state index >= 15 is 0 Å². The number of carbonyl (C=O) groups excluding carboxylic acids is 2. The zero-order chi connectivity index (χ0) is 7.84. The van der Waals surface area contributed by atoms with Crippen LogP contribution in [0.15, 0.2) is 0 Å². The number of hydrogen-bond donors (Lipinski definition) is 0. The molecule has 2 aliphatic rings. The molecule has 0 aromatic carbocycles. The minimum atomic E-state index is -0.267. The van der Waals surface area contributed by atoms with E-state index in [0.717, 1.165) is 19.4 Å². The Hall–Kier alpha value is -1.06. The summed E-state index contributed by atoms with van der Waals surface area (Å²) < 4.78 is 4.67. The molecule has 0 aromatic rings. The summed E-state index contributed by atoms with van der Waals surface area (Å²) in [4.78, 5) is 23.7. The van der Waals surface area contributed by atoms with Crippen LogP contribution in [-0.2, 0) is 14.3 Å². The average molecular weight is 155 g/mol. The summed E-state index contributed by atoms with van der Waals surface area (Å²) >= 11 is 0. The van der Waals surface area contributed by atoms with Crippen molar-refractivity contribution in [3.63, 3.8) is 0 Å². The summed E-state index contributed by atoms with van der Waals surface area (Å²) in [5, 5.41) is 0. The largest absolute Gasteiger partial charge is 0.454 e. The third kappa shape index (κ3) is 0.895. The molecule has 2 saturated heterocycles. The second-order valence-corrected chi connectivity index (χ2v) is 2.85. The third-order valence-electron chi connectivity index (χ3n) is 2.18. The molecule has 2 aliphatic heterocycles. The Morgan fingerprint density at radius 3 is 3.00 bits per heavy atom. The standard InChI is InChI=1S/C7H9NO3/c9-6-4-11-7(10)5-2-1-3-8(5)6/h5H,1-4H2. The van der Waals surface area contributed by atoms with Crippen molar-refractivity contribution in [1.29, 1.82) is 0 Å². The van der Waals surface area contributed by atoms with E-state index in [1.165, 1.54) is 0 Å². The summed E-state index contributed by atoms with van der Waals surface area (Å²) in [7, 11) is 0. The predicted molar refractivity (Wildman–Crippen MR) is 35.7 cm³/mol. The Morgan fingerprint density at radius 2 is 2.27 bits per heavy atom. The minimum absolute atomic E-state index is 0.0490. The van der Waals surface area contributed by atoms with Gasteiger partial charge in [0.1, 0.15) is 6.04 Å². The highest BCUT2D eigenvalue weighted by Crippen LogP contribution is 2.21. The molecule has 0 saturated carbocycles. The SMILES string of the molecule is O=C1OCC(=O)N2CCCC12. The van der Waals surface area contributed by atoms with E-state index in [4.69, 9.17) is 0 Å². The van der Waals surface area contributed by atoms with Crippen molar-refractivity contribution in [1.82, 2.24) is 4.90 Å². The van der Waals surface area contributed by atoms with E-state index in [1.54, 1.807) is 4.90 Å². The van der Waals surface area contributed by atoms with Gasteiger partial charge in [0.25, 0.3) is 5.91 Å². The van der Waals surface area contributed by atoms with Gasteiger partial charge < -0.3 is 9.64 Å². The monoisotopic (exact) mass is 155 g/mol. The molecule has 60 valence electrons. The molecule has 2 rings (SSSR count). The number of hydrogen-bond acceptors (Lipinski definition) is 3. The van der Waals surface area contributed by atoms with Crippen LogP contribution >= 0.6 is 0 Å². The first kappa shape index (κ1) is 6.64. The van der Waals surface area contributed by atoms with E-state index < -0.39 is 0 Å². The molecule has 0 aromatic heterocycles. The fraction of sp³-hybridized carbons (Fsp3) is 0.714. The van der Waals surface area contributed by atoms with Gasteiger partial charge in [0.15, 0.2) is 6.61 Å². The first-order valence-corrected chi connectivity index (χ1v) is 3.75. The van der Waals surface area contributed by atoms with Crippen LogP contribution in [0.5, 0.6) is 0 Å². The van der Waals surface area contributed by atoms with Gasteiger partial charge in [0.2, 0.25) is 0 Å². The molecule has 2 heterocycles. The summed E-state index contributed by atoms with van der Waals surface area (Å²) in [6, 6.07) is -0.267. The van der Waals surface area contributed by atoms with Crippen LogP contribution in [0.2, 0.25) is 0 Å². The molecular weight excluding hydrogens is 146 g/mol. The fourth-order valence-corrected chi connectivity index (χ4v) is 1.62. The second-order valence-electron chi connectivity index (χ2n) is 2.85. The van der Waals surface area contributed by atoms with Gasteiger partial charge in [-0.1, -0.05) is 0 Å². The normalized spacial score (nSPS) is 30.2. The van der Waals surface area contributed by atoms with Crippen molar-refractivity contribution >= 4 is 11.9 Å². The molecule has 0 spiro atoms. The molecule has 1 unspecified atom stereocenters. The molecule has 4 nitrogen and oxygen atoms in total. The number of amides is 1. The summed E-state index contributed by atoms with van der Waals surface area (Å²) in [5.74, 6) is -0.283. The molecule has 0 aliphatic carbocycles. The van der Waals surface area contributed by atoms with Gasteiger partial charge in [-0.25, -0.2) is 4.79 Å². The first-order chi connectivity index (χ1) is 5.29. The zero-order valence-electron chi connectivity index (χ0n) is 6.08. The van der Waals surface area contributed by atoms with Gasteiger partial charge in [-0.05, 0) is 12.8 Å². The fourth-order valence-electron chi connectivity index (χ4n) is 1.62. The summed E-state index contributed by atoms with van der Waals surface area (Å²) in [6.07, 6.45) is 1.69. The van der Waals surface area contributed by atoms with Gasteiger partial charge >= 0.3 is 5.97 Å². The van der Waals surface area contributed by atoms with Gasteiger partial charge in [-0.2, -0.15) is 0 Å². The minimum Gasteiger partial charge on any atom is -0.454 e. The second kappa shape index (κ2) is 2.22. The van der Waals surface area contributed by atoms with Crippen molar-refractivity contribution < 1.29 is 14.3 Å². The first-order valence-electron chi connectivity index (χ1n) is 3.75. The Morgan fingerprint density at radius 1 is 1.45 bits per heavy atom. The highest BCUT2D eigenvalue weighted by atomic mass is 16.5. The Kier molecular flexibility index (Phi) is 1.34. The van der Waals surface area contributed by atoms with Gasteiger partial charge in [-0.3, -0.25) is 4.79 Å². The third-order valence-corrected chi connectivity index (χ3v) is 2.18. The molecular formula is C7H9NO3. The molecule has 0 radical (unpaired) electrons. The molecule has 0 bridgehead atoms. The van der Waals surface area contributed by atoms with Gasteiger partial charge in [0.05, 0.1) is 0 Å². The highest BCUT2D eigenvalue weighted by Gasteiger charge is 2.39. The van der Waals surface area contributed by atoms with E-state index in [-0.39, 0.29) is 24.5 Å². The molecule has 1 amide bonds. The molecule has 11 heavy (non-hydrogen) atoms. The van der Waals surface area contributed by atoms with Crippen LogP contribution in [-0.4, -0.2) is 36.0 Å². The predicted octanol–water partition coefficient (Wildman–Crippen LogP) is -0.466. The molecule has 0 N–H and O–H groups in total. The lowest BCUT2D eigenvalue weighted by molar-refractivity contribution is -0.166. The maximum Gasteiger partial charge on any atom is 0.329 e. The van der Waals surface area contributed by atoms with Gasteiger partial charge in [-0.15, -0.1) is 0 Å². The number of esters is 1. The topological polar surface area (TPSA) is 46.6 Å². The van der Waals surface area contributed by atoms with Crippen LogP contribution in [0.4, 0.5) is 0 Å². The zero-order valence-corrected chi connectivity index (χ0v) is 6.08. The number of morpholine rings is 1. The number of carbonyl (C=O) groups is 2. The molecule has 1 atom stereocenters. The summed E-state index contributed by atoms with van der Waals surface area (Å²) in [5.41, 5.74) is 0. The highest BCUT2D eigenvalue weighted by molar-refractivity contribution is 5.90. The van der Waals surface area contributed by atoms with Crippen molar-refractivity contribution in [3.05, 3.63) is 0 Å². The van der Waals surface area contributed by atoms with Crippen molar-refractivity contribution in [2.24, 2.45) is 0 Å². The van der Waals surface area contributed by atoms with E-state index in [2.05, 4.69) is 4.74 Å². The lowest BCUT2D eigenvalue weighted by Crippen LogP contribution is -2.48. The number of ether oxygens (including phenoxy) is 1. The lowest BCUT2D eigenvalue weighted by Gasteiger charge is -2.27. The maximum absolute atomic E-state index is 11.1. The summed E-state index contributed by atoms with van der Waals surface area (Å²) in [6.45, 7) is 0.661. The van der Waals surface area contributed by atoms with Crippen LogP contribution in [0, 0.1) is 0 Å². The number of nitrogens with zero attached hydrogens (tertiary/aromatic N) is 1. The van der Waals surface area contributed by atoms with E-state index in [9.17, 15) is 9.59 Å². The Bertz CT molecular complexity index is 192. The number of cyclic esters (lactones) is 1. The van der Waals surface area contributed by atoms with E-state index in [1.807, 2.05) is 0 Å². The molecule has 4 heteroatoms. The average Bonchev–Trinajstić information content (AvgIpc) is 2.45. The van der Waals surface area contributed by atoms with Gasteiger partial charge in [0, 0.05) is 6.54 Å². The van der Waals surface area contributed by atoms with Crippen LogP contribution in [0.1, 0.15) is 12.8 Å². The maximum atomic E-state index is 11.1. The van der Waals surface area contributed by atoms with Crippen LogP contribution < -0.4 is 0 Å². The number of rotatable bonds is 0. The van der Waals surface area contributed by atoms with Crippen LogP contribution in [0.25, 0.3) is 0 Å². The van der Waals surface area contributed by atoms with Crippen molar-refractivity contribution in [2.45, 2.75) is 18.9 Å². The smallest absolute Gasteiger partial charge is 0.329 e. The quantitative estimate of drug-likeness (QED) is 0.444. The van der Waals surface area contributed by atoms with E-state index in [0.29, 0.717) is 0 Å². The lowest BCUT2D eigenvalue weighted by atomic mass is 10.2. The molecule has 2 fully saturated rings.